The quantitative estimate of drug-likeness (QED) is 0.338. The Morgan fingerprint density at radius 3 is 2.14 bits per heavy atom. The third-order valence-corrected chi connectivity index (χ3v) is 5.68. The summed E-state index contributed by atoms with van der Waals surface area (Å²) < 4.78 is 6.02. The van der Waals surface area contributed by atoms with Crippen LogP contribution in [-0.2, 0) is 4.43 Å². The Hall–Kier alpha value is -0.0831. The minimum absolute atomic E-state index is 0.759. The summed E-state index contributed by atoms with van der Waals surface area (Å²) in [6, 6.07) is 0. The van der Waals surface area contributed by atoms with E-state index >= 15 is 0 Å². The lowest BCUT2D eigenvalue weighted by molar-refractivity contribution is 0.297. The summed E-state index contributed by atoms with van der Waals surface area (Å²) >= 11 is 0. The van der Waals surface area contributed by atoms with Crippen LogP contribution in [0.4, 0.5) is 0 Å². The zero-order valence-corrected chi connectivity index (χ0v) is 11.4. The minimum Gasteiger partial charge on any atom is -0.420 e. The highest BCUT2D eigenvalue weighted by Gasteiger charge is 2.20. The molecule has 0 bridgehead atoms. The predicted molar refractivity (Wildman–Crippen MR) is 67.3 cm³/mol. The SMILES string of the molecule is C=CCCCCO[SiH](C(C)C)C(C)C. The molecule has 0 fully saturated rings. The Kier molecular flexibility index (Phi) is 8.19. The Morgan fingerprint density at radius 2 is 1.71 bits per heavy atom. The van der Waals surface area contributed by atoms with Crippen LogP contribution in [-0.4, -0.2) is 15.6 Å². The van der Waals surface area contributed by atoms with Gasteiger partial charge in [-0.15, -0.1) is 6.58 Å². The van der Waals surface area contributed by atoms with Crippen LogP contribution in [0, 0.1) is 0 Å². The molecule has 1 nitrogen and oxygen atoms in total. The molecule has 0 heterocycles. The lowest BCUT2D eigenvalue weighted by atomic mass is 10.2. The van der Waals surface area contributed by atoms with Crippen LogP contribution >= 0.6 is 0 Å². The highest BCUT2D eigenvalue weighted by atomic mass is 28.3. The zero-order valence-electron chi connectivity index (χ0n) is 10.3. The van der Waals surface area contributed by atoms with Crippen LogP contribution in [0.1, 0.15) is 47.0 Å². The Morgan fingerprint density at radius 1 is 1.14 bits per heavy atom. The summed E-state index contributed by atoms with van der Waals surface area (Å²) in [6.45, 7) is 13.8. The maximum atomic E-state index is 6.02. The average Bonchev–Trinajstić information content (AvgIpc) is 2.09. The van der Waals surface area contributed by atoms with Gasteiger partial charge in [0.1, 0.15) is 0 Å². The van der Waals surface area contributed by atoms with Crippen molar-refractivity contribution in [2.75, 3.05) is 6.61 Å². The fourth-order valence-corrected chi connectivity index (χ4v) is 4.51. The molecule has 0 saturated heterocycles. The minimum atomic E-state index is -0.958. The van der Waals surface area contributed by atoms with Crippen LogP contribution in [0.15, 0.2) is 12.7 Å². The van der Waals surface area contributed by atoms with Crippen molar-refractivity contribution in [1.29, 1.82) is 0 Å². The molecule has 0 aromatic carbocycles. The molecule has 0 aliphatic carbocycles. The lowest BCUT2D eigenvalue weighted by Crippen LogP contribution is -2.25. The number of allylic oxidation sites excluding steroid dienone is 1. The first-order valence-electron chi connectivity index (χ1n) is 5.82. The first-order valence-corrected chi connectivity index (χ1v) is 7.62. The van der Waals surface area contributed by atoms with Gasteiger partial charge in [-0.3, -0.25) is 0 Å². The van der Waals surface area contributed by atoms with Crippen molar-refractivity contribution in [3.05, 3.63) is 12.7 Å². The Balaban J connectivity index is 3.56. The topological polar surface area (TPSA) is 9.23 Å². The summed E-state index contributed by atoms with van der Waals surface area (Å²) in [5.41, 5.74) is 1.52. The molecule has 0 atom stereocenters. The molecule has 0 N–H and O–H groups in total. The molecule has 0 aromatic heterocycles. The van der Waals surface area contributed by atoms with Gasteiger partial charge in [0.15, 0.2) is 9.04 Å². The molecule has 0 aliphatic heterocycles. The Bertz CT molecular complexity index is 135. The van der Waals surface area contributed by atoms with Gasteiger partial charge in [0.05, 0.1) is 0 Å². The summed E-state index contributed by atoms with van der Waals surface area (Å²) in [5.74, 6) is 0. The molecule has 0 spiro atoms. The first kappa shape index (κ1) is 13.9. The molecule has 2 heteroatoms. The van der Waals surface area contributed by atoms with E-state index in [1.54, 1.807) is 0 Å². The van der Waals surface area contributed by atoms with E-state index in [0.717, 1.165) is 24.1 Å². The van der Waals surface area contributed by atoms with E-state index in [-0.39, 0.29) is 0 Å². The van der Waals surface area contributed by atoms with Gasteiger partial charge in [0, 0.05) is 6.61 Å². The zero-order chi connectivity index (χ0) is 11.0. The molecule has 0 radical (unpaired) electrons. The maximum absolute atomic E-state index is 6.02. The summed E-state index contributed by atoms with van der Waals surface area (Å²) in [4.78, 5) is 0. The molecule has 0 saturated carbocycles. The van der Waals surface area contributed by atoms with Gasteiger partial charge in [-0.25, -0.2) is 0 Å². The third kappa shape index (κ3) is 6.38. The van der Waals surface area contributed by atoms with E-state index < -0.39 is 9.04 Å². The van der Waals surface area contributed by atoms with Crippen molar-refractivity contribution in [2.45, 2.75) is 58.0 Å². The monoisotopic (exact) mass is 214 g/mol. The van der Waals surface area contributed by atoms with E-state index in [9.17, 15) is 0 Å². The van der Waals surface area contributed by atoms with Crippen molar-refractivity contribution in [2.24, 2.45) is 0 Å². The normalized spacial score (nSPS) is 11.6. The van der Waals surface area contributed by atoms with Crippen molar-refractivity contribution in [1.82, 2.24) is 0 Å². The molecule has 0 rings (SSSR count). The van der Waals surface area contributed by atoms with Crippen LogP contribution in [0.5, 0.6) is 0 Å². The Labute approximate surface area is 91.3 Å². The predicted octanol–water partition coefficient (Wildman–Crippen LogP) is 3.90. The maximum Gasteiger partial charge on any atom is 0.181 e. The van der Waals surface area contributed by atoms with Gasteiger partial charge >= 0.3 is 0 Å². The summed E-state index contributed by atoms with van der Waals surface area (Å²) in [7, 11) is -0.958. The van der Waals surface area contributed by atoms with Gasteiger partial charge in [-0.05, 0) is 30.3 Å². The van der Waals surface area contributed by atoms with E-state index in [2.05, 4.69) is 34.3 Å². The molecular weight excluding hydrogens is 188 g/mol. The fraction of sp³-hybridized carbons (Fsp3) is 0.833. The standard InChI is InChI=1S/C12H26OSi/c1-6-7-8-9-10-13-14(11(2)3)12(4)5/h6,11-12,14H,1,7-10H2,2-5H3. The molecule has 84 valence electrons. The van der Waals surface area contributed by atoms with Crippen LogP contribution in [0.3, 0.4) is 0 Å². The molecule has 14 heavy (non-hydrogen) atoms. The smallest absolute Gasteiger partial charge is 0.181 e. The number of hydrogen-bond donors (Lipinski definition) is 0. The number of unbranched alkanes of at least 4 members (excludes halogenated alkanes) is 2. The highest BCUT2D eigenvalue weighted by molar-refractivity contribution is 6.54. The first-order chi connectivity index (χ1) is 6.59. The van der Waals surface area contributed by atoms with Crippen molar-refractivity contribution in [3.63, 3.8) is 0 Å². The van der Waals surface area contributed by atoms with Crippen LogP contribution < -0.4 is 0 Å². The second kappa shape index (κ2) is 8.24. The van der Waals surface area contributed by atoms with E-state index in [0.29, 0.717) is 0 Å². The third-order valence-electron chi connectivity index (χ3n) is 2.43. The van der Waals surface area contributed by atoms with Gasteiger partial charge in [0.2, 0.25) is 0 Å². The summed E-state index contributed by atoms with van der Waals surface area (Å²) in [6.07, 6.45) is 5.52. The van der Waals surface area contributed by atoms with E-state index in [4.69, 9.17) is 4.43 Å². The highest BCUT2D eigenvalue weighted by Crippen LogP contribution is 2.21. The van der Waals surface area contributed by atoms with E-state index in [1.165, 1.54) is 12.8 Å². The molecular formula is C12H26OSi. The van der Waals surface area contributed by atoms with Crippen LogP contribution in [0.25, 0.3) is 0 Å². The van der Waals surface area contributed by atoms with Gasteiger partial charge < -0.3 is 4.43 Å². The van der Waals surface area contributed by atoms with Gasteiger partial charge in [0.25, 0.3) is 0 Å². The van der Waals surface area contributed by atoms with Gasteiger partial charge in [-0.2, -0.15) is 0 Å². The second-order valence-electron chi connectivity index (χ2n) is 4.61. The summed E-state index contributed by atoms with van der Waals surface area (Å²) in [5, 5.41) is 0. The number of rotatable bonds is 8. The van der Waals surface area contributed by atoms with Gasteiger partial charge in [-0.1, -0.05) is 33.8 Å². The van der Waals surface area contributed by atoms with E-state index in [1.807, 2.05) is 6.08 Å². The molecule has 0 amide bonds. The average molecular weight is 214 g/mol. The molecule has 0 aromatic rings. The number of hydrogen-bond acceptors (Lipinski definition) is 1. The van der Waals surface area contributed by atoms with Crippen molar-refractivity contribution in [3.8, 4) is 0 Å². The fourth-order valence-electron chi connectivity index (χ4n) is 1.76. The largest absolute Gasteiger partial charge is 0.420 e. The van der Waals surface area contributed by atoms with Crippen molar-refractivity contribution >= 4 is 9.04 Å². The van der Waals surface area contributed by atoms with Crippen molar-refractivity contribution < 1.29 is 4.43 Å². The molecule has 0 aliphatic rings. The second-order valence-corrected chi connectivity index (χ2v) is 8.54. The van der Waals surface area contributed by atoms with Crippen LogP contribution in [0.2, 0.25) is 11.1 Å². The lowest BCUT2D eigenvalue weighted by Gasteiger charge is -2.23. The molecule has 0 unspecified atom stereocenters.